The van der Waals surface area contributed by atoms with Crippen molar-refractivity contribution in [3.63, 3.8) is 0 Å². The van der Waals surface area contributed by atoms with Crippen LogP contribution in [0, 0.1) is 23.7 Å². The topological polar surface area (TPSA) is 297 Å². The molecule has 0 unspecified atom stereocenters. The molecule has 4 amide bonds. The van der Waals surface area contributed by atoms with E-state index in [1.807, 2.05) is 55.4 Å². The lowest BCUT2D eigenvalue weighted by molar-refractivity contribution is -0.176. The molecule has 0 radical (unpaired) electrons. The fourth-order valence-corrected chi connectivity index (χ4v) is 15.4. The molecule has 7 rings (SSSR count). The van der Waals surface area contributed by atoms with E-state index >= 15 is 9.59 Å². The van der Waals surface area contributed by atoms with Crippen LogP contribution in [-0.4, -0.2) is 215 Å². The van der Waals surface area contributed by atoms with Crippen molar-refractivity contribution in [1.29, 1.82) is 0 Å². The third kappa shape index (κ3) is 20.3. The summed E-state index contributed by atoms with van der Waals surface area (Å²) in [6, 6.07) is 8.46. The average Bonchev–Trinajstić information content (AvgIpc) is 1.59. The minimum atomic E-state index is -3.74. The number of esters is 4. The highest BCUT2D eigenvalue weighted by Gasteiger charge is 2.43. The second-order valence-electron chi connectivity index (χ2n) is 28.1. The Hall–Kier alpha value is -7.56. The average molecular weight is 1400 g/mol. The summed E-state index contributed by atoms with van der Waals surface area (Å²) < 4.78 is 84.0. The van der Waals surface area contributed by atoms with Gasteiger partial charge >= 0.3 is 23.9 Å². The molecule has 3 aliphatic rings. The van der Waals surface area contributed by atoms with Crippen molar-refractivity contribution >= 4 is 67.6 Å². The van der Waals surface area contributed by atoms with E-state index in [-0.39, 0.29) is 85.1 Å². The molecule has 26 nitrogen and oxygen atoms in total. The van der Waals surface area contributed by atoms with Gasteiger partial charge in [0.15, 0.2) is 24.4 Å². The molecule has 3 fully saturated rings. The number of ether oxygens (including phenoxy) is 4. The molecule has 3 aliphatic heterocycles. The van der Waals surface area contributed by atoms with Crippen LogP contribution in [0.1, 0.15) is 156 Å². The normalized spacial score (nSPS) is 23.8. The van der Waals surface area contributed by atoms with Crippen molar-refractivity contribution in [2.75, 3.05) is 54.4 Å². The number of amides is 4. The lowest BCUT2D eigenvalue weighted by Crippen LogP contribution is -2.55. The van der Waals surface area contributed by atoms with E-state index in [4.69, 9.17) is 18.9 Å². The van der Waals surface area contributed by atoms with Gasteiger partial charge in [0, 0.05) is 79.6 Å². The molecule has 2 aromatic carbocycles. The number of carbonyl (C=O) groups is 8. The molecule has 0 bridgehead atoms. The predicted molar refractivity (Wildman–Crippen MR) is 363 cm³/mol. The van der Waals surface area contributed by atoms with Gasteiger partial charge in [-0.2, -0.15) is 18.8 Å². The second kappa shape index (κ2) is 34.5. The Kier molecular flexibility index (Phi) is 27.4. The third-order valence-electron chi connectivity index (χ3n) is 18.2. The quantitative estimate of drug-likeness (QED) is 0.0673. The molecule has 0 saturated carbocycles. The van der Waals surface area contributed by atoms with Gasteiger partial charge in [-0.05, 0) is 111 Å². The molecule has 28 heteroatoms. The first-order chi connectivity index (χ1) is 46.2. The van der Waals surface area contributed by atoms with Gasteiger partial charge in [0.25, 0.3) is 23.6 Å². The van der Waals surface area contributed by atoms with Crippen LogP contribution in [-0.2, 0) is 103 Å². The molecular weight excluding hydrogens is 1300 g/mol. The van der Waals surface area contributed by atoms with Crippen LogP contribution in [0.15, 0.2) is 83.1 Å². The first-order valence-electron chi connectivity index (χ1n) is 34.3. The van der Waals surface area contributed by atoms with Gasteiger partial charge in [-0.1, -0.05) is 117 Å². The Bertz CT molecular complexity index is 3390. The van der Waals surface area contributed by atoms with Crippen LogP contribution >= 0.6 is 0 Å². The van der Waals surface area contributed by atoms with Crippen molar-refractivity contribution in [3.05, 3.63) is 95.6 Å². The van der Waals surface area contributed by atoms with Crippen LogP contribution in [0.5, 0.6) is 0 Å². The lowest BCUT2D eigenvalue weighted by atomic mass is 9.99. The van der Waals surface area contributed by atoms with E-state index < -0.39 is 116 Å². The number of likely N-dealkylation sites (N-methyl/N-ethyl adjacent to an activating group) is 4. The van der Waals surface area contributed by atoms with Gasteiger partial charge < -0.3 is 38.5 Å². The zero-order valence-electron chi connectivity index (χ0n) is 59.4. The standard InChI is InChI=1S/C70H102N10O16S2/c1-45(2)33-57-67(85)93-49(9)63(81)73(11)60(36-48(7)8)70(88)96-62(38-52-23-27-54(28-24-52)42-78-44-56(40-72-78)98(91,92)80-31-19-16-20-32-80)66(84)76(14)58(34-46(3)4)68(86)94-50(10)64(82)74(12)59(35-47(5)6)69(87)95-61(65(83)75(57)13)37-51-21-25-53(26-22-51)41-77-43-55(39-71-77)97(89,90)79-29-17-15-18-30-79/h21-28,39-40,43-50,57-62H,15-20,29-38,41-42H2,1-14H3/t49-,50-,57+,58+,59+,60+,61-,62-/m1/s1. The van der Waals surface area contributed by atoms with Gasteiger partial charge in [-0.15, -0.1) is 0 Å². The van der Waals surface area contributed by atoms with Crippen molar-refractivity contribution in [3.8, 4) is 0 Å². The zero-order valence-corrected chi connectivity index (χ0v) is 61.0. The summed E-state index contributed by atoms with van der Waals surface area (Å²) in [4.78, 5) is 123. The van der Waals surface area contributed by atoms with Gasteiger partial charge in [0.2, 0.25) is 20.0 Å². The van der Waals surface area contributed by atoms with E-state index in [0.717, 1.165) is 69.3 Å². The summed E-state index contributed by atoms with van der Waals surface area (Å²) in [7, 11) is -2.05. The fourth-order valence-electron chi connectivity index (χ4n) is 12.5. The number of cyclic esters (lactones) is 4. The van der Waals surface area contributed by atoms with E-state index in [9.17, 15) is 45.6 Å². The van der Waals surface area contributed by atoms with Gasteiger partial charge in [0.1, 0.15) is 34.0 Å². The Labute approximate surface area is 578 Å². The van der Waals surface area contributed by atoms with Gasteiger partial charge in [-0.25, -0.2) is 36.0 Å². The van der Waals surface area contributed by atoms with Crippen LogP contribution in [0.25, 0.3) is 0 Å². The summed E-state index contributed by atoms with van der Waals surface area (Å²) in [5, 5.41) is 8.67. The molecule has 98 heavy (non-hydrogen) atoms. The van der Waals surface area contributed by atoms with E-state index in [0.29, 0.717) is 37.3 Å². The van der Waals surface area contributed by atoms with Crippen LogP contribution in [0.2, 0.25) is 0 Å². The van der Waals surface area contributed by atoms with E-state index in [2.05, 4.69) is 10.2 Å². The number of carbonyl (C=O) groups excluding carboxylic acids is 8. The van der Waals surface area contributed by atoms with Crippen molar-refractivity contribution in [1.82, 2.24) is 47.8 Å². The highest BCUT2D eigenvalue weighted by Crippen LogP contribution is 2.27. The minimum absolute atomic E-state index is 0.0228. The lowest BCUT2D eigenvalue weighted by Gasteiger charge is -2.35. The van der Waals surface area contributed by atoms with Crippen LogP contribution < -0.4 is 0 Å². The SMILES string of the molecule is CC(C)C[C@H]1C(=O)O[C@H](Cc2ccc(Cn3cc(S(=O)(=O)N4CCCCC4)cn3)cc2)C(=O)N(C)[C@@H](CC(C)C)C(=O)O[C@H](C)C(=O)N(C)[C@@H](CC(C)C)C(=O)O[C@H](Cc2ccc(Cn3cc(S(=O)(=O)N4CCCCC4)cn3)cc2)C(=O)N(C)[C@@H](CC(C)C)C(=O)O[C@H](C)C(=O)N1C. The van der Waals surface area contributed by atoms with Crippen LogP contribution in [0.4, 0.5) is 0 Å². The number of aromatic nitrogens is 4. The molecule has 0 N–H and O–H groups in total. The number of hydrogen-bond acceptors (Lipinski definition) is 18. The molecule has 8 atom stereocenters. The number of nitrogens with zero attached hydrogens (tertiary/aromatic N) is 10. The summed E-state index contributed by atoms with van der Waals surface area (Å²) >= 11 is 0. The highest BCUT2D eigenvalue weighted by molar-refractivity contribution is 7.89. The van der Waals surface area contributed by atoms with Gasteiger partial charge in [-0.3, -0.25) is 28.5 Å². The van der Waals surface area contributed by atoms with E-state index in [1.54, 1.807) is 48.5 Å². The summed E-state index contributed by atoms with van der Waals surface area (Å²) in [5.41, 5.74) is 2.48. The first-order valence-corrected chi connectivity index (χ1v) is 37.1. The molecular formula is C70H102N10O16S2. The van der Waals surface area contributed by atoms with Crippen LogP contribution in [0.3, 0.4) is 0 Å². The number of benzene rings is 2. The van der Waals surface area contributed by atoms with Crippen molar-refractivity contribution < 1.29 is 74.1 Å². The Balaban J connectivity index is 1.21. The maximum Gasteiger partial charge on any atom is 0.329 e. The highest BCUT2D eigenvalue weighted by atomic mass is 32.2. The maximum absolute atomic E-state index is 15.2. The molecule has 5 heterocycles. The monoisotopic (exact) mass is 1400 g/mol. The number of piperidine rings is 2. The third-order valence-corrected chi connectivity index (χ3v) is 21.9. The Morgan fingerprint density at radius 3 is 0.949 bits per heavy atom. The molecule has 2 aromatic heterocycles. The number of rotatable bonds is 20. The van der Waals surface area contributed by atoms with Gasteiger partial charge in [0.05, 0.1) is 25.5 Å². The molecule has 0 aliphatic carbocycles. The number of hydrogen-bond donors (Lipinski definition) is 0. The largest absolute Gasteiger partial charge is 0.451 e. The summed E-state index contributed by atoms with van der Waals surface area (Å²) in [6.07, 6.45) is 3.94. The fraction of sp³-hybridized carbons (Fsp3) is 0.629. The molecule has 4 aromatic rings. The number of sulfonamides is 2. The summed E-state index contributed by atoms with van der Waals surface area (Å²) in [5.74, 6) is -8.15. The smallest absolute Gasteiger partial charge is 0.329 e. The predicted octanol–water partition coefficient (Wildman–Crippen LogP) is 6.50. The second-order valence-corrected chi connectivity index (χ2v) is 32.0. The van der Waals surface area contributed by atoms with E-state index in [1.165, 1.54) is 84.8 Å². The Morgan fingerprint density at radius 2 is 0.663 bits per heavy atom. The van der Waals surface area contributed by atoms with Crippen molar-refractivity contribution in [2.24, 2.45) is 23.7 Å². The molecule has 540 valence electrons. The molecule has 0 spiro atoms. The molecule has 3 saturated heterocycles. The maximum atomic E-state index is 15.2. The minimum Gasteiger partial charge on any atom is -0.451 e. The Morgan fingerprint density at radius 1 is 0.398 bits per heavy atom. The first kappa shape index (κ1) is 77.8. The summed E-state index contributed by atoms with van der Waals surface area (Å²) in [6.45, 7) is 19.4. The van der Waals surface area contributed by atoms with Crippen molar-refractivity contribution in [2.45, 2.75) is 218 Å². The zero-order chi connectivity index (χ0) is 72.1.